The third-order valence-electron chi connectivity index (χ3n) is 2.18. The Hall–Kier alpha value is -1.59. The molecule has 0 N–H and O–H groups in total. The predicted octanol–water partition coefficient (Wildman–Crippen LogP) is 2.86. The maximum Gasteiger partial charge on any atom is 0.433 e. The Morgan fingerprint density at radius 2 is 2.06 bits per heavy atom. The monoisotopic (exact) mass is 246 g/mol. The van der Waals surface area contributed by atoms with Crippen LogP contribution in [0.1, 0.15) is 26.0 Å². The minimum absolute atomic E-state index is 0.214. The molecule has 0 aromatic carbocycles. The van der Waals surface area contributed by atoms with Gasteiger partial charge in [0.15, 0.2) is 0 Å². The van der Waals surface area contributed by atoms with Crippen molar-refractivity contribution in [2.75, 3.05) is 11.4 Å². The lowest BCUT2D eigenvalue weighted by Gasteiger charge is -2.20. The van der Waals surface area contributed by atoms with Crippen LogP contribution >= 0.6 is 0 Å². The van der Waals surface area contributed by atoms with Crippen LogP contribution < -0.4 is 4.90 Å². The largest absolute Gasteiger partial charge is 0.433 e. The minimum Gasteiger partial charge on any atom is -0.311 e. The van der Waals surface area contributed by atoms with Crippen molar-refractivity contribution in [1.29, 1.82) is 0 Å². The number of alkyl halides is 3. The molecular formula is C11H13F3N2O. The number of aromatic nitrogens is 1. The molecule has 0 bridgehead atoms. The van der Waals surface area contributed by atoms with Gasteiger partial charge in [-0.1, -0.05) is 6.92 Å². The van der Waals surface area contributed by atoms with Crippen molar-refractivity contribution in [2.45, 2.75) is 26.4 Å². The third-order valence-corrected chi connectivity index (χ3v) is 2.18. The summed E-state index contributed by atoms with van der Waals surface area (Å²) in [4.78, 5) is 16.0. The second-order valence-corrected chi connectivity index (χ2v) is 3.57. The fraction of sp³-hybridized carbons (Fsp3) is 0.455. The summed E-state index contributed by atoms with van der Waals surface area (Å²) in [6, 6.07) is 2.13. The molecule has 0 fully saturated rings. The van der Waals surface area contributed by atoms with E-state index in [1.54, 1.807) is 0 Å². The van der Waals surface area contributed by atoms with Gasteiger partial charge in [0.1, 0.15) is 5.69 Å². The van der Waals surface area contributed by atoms with Gasteiger partial charge in [-0.25, -0.2) is 4.98 Å². The molecule has 1 aromatic heterocycles. The Morgan fingerprint density at radius 3 is 2.41 bits per heavy atom. The molecule has 1 amide bonds. The molecule has 0 spiro atoms. The highest BCUT2D eigenvalue weighted by Crippen LogP contribution is 2.28. The van der Waals surface area contributed by atoms with Gasteiger partial charge in [-0.15, -0.1) is 0 Å². The number of hydrogen-bond acceptors (Lipinski definition) is 2. The average molecular weight is 246 g/mol. The van der Waals surface area contributed by atoms with Crippen LogP contribution in [-0.2, 0) is 11.0 Å². The first-order chi connectivity index (χ1) is 7.86. The zero-order valence-electron chi connectivity index (χ0n) is 9.58. The van der Waals surface area contributed by atoms with E-state index < -0.39 is 11.9 Å². The van der Waals surface area contributed by atoms with Crippen LogP contribution in [0.2, 0.25) is 0 Å². The number of rotatable bonds is 3. The first-order valence-electron chi connectivity index (χ1n) is 5.17. The average Bonchev–Trinajstić information content (AvgIpc) is 2.24. The lowest BCUT2D eigenvalue weighted by atomic mass is 10.3. The molecule has 3 nitrogen and oxygen atoms in total. The second-order valence-electron chi connectivity index (χ2n) is 3.57. The first-order valence-corrected chi connectivity index (χ1v) is 5.17. The summed E-state index contributed by atoms with van der Waals surface area (Å²) < 4.78 is 36.9. The summed E-state index contributed by atoms with van der Waals surface area (Å²) in [5.74, 6) is -0.214. The highest BCUT2D eigenvalue weighted by molar-refractivity contribution is 5.91. The molecule has 1 heterocycles. The fourth-order valence-electron chi connectivity index (χ4n) is 1.41. The summed E-state index contributed by atoms with van der Waals surface area (Å²) in [5, 5.41) is 0. The number of carbonyl (C=O) groups excluding carboxylic acids is 1. The van der Waals surface area contributed by atoms with Gasteiger partial charge >= 0.3 is 6.18 Å². The minimum atomic E-state index is -4.45. The van der Waals surface area contributed by atoms with Crippen molar-refractivity contribution in [3.8, 4) is 0 Å². The Kier molecular flexibility index (Phi) is 4.09. The van der Waals surface area contributed by atoms with Crippen molar-refractivity contribution in [3.05, 3.63) is 24.0 Å². The molecule has 0 aliphatic heterocycles. The smallest absolute Gasteiger partial charge is 0.311 e. The van der Waals surface area contributed by atoms with Gasteiger partial charge in [-0.3, -0.25) is 4.79 Å². The molecule has 17 heavy (non-hydrogen) atoms. The molecular weight excluding hydrogens is 233 g/mol. The van der Waals surface area contributed by atoms with Crippen molar-refractivity contribution >= 4 is 11.6 Å². The van der Waals surface area contributed by atoms with E-state index in [2.05, 4.69) is 4.98 Å². The normalized spacial score (nSPS) is 11.4. The summed E-state index contributed by atoms with van der Waals surface area (Å²) in [7, 11) is 0. The summed E-state index contributed by atoms with van der Waals surface area (Å²) in [6.07, 6.45) is -2.66. The van der Waals surface area contributed by atoms with E-state index in [0.717, 1.165) is 18.7 Å². The van der Waals surface area contributed by atoms with Crippen LogP contribution in [0, 0.1) is 0 Å². The van der Waals surface area contributed by atoms with Crippen molar-refractivity contribution in [2.24, 2.45) is 0 Å². The van der Waals surface area contributed by atoms with E-state index in [1.165, 1.54) is 17.9 Å². The maximum absolute atomic E-state index is 12.3. The lowest BCUT2D eigenvalue weighted by Crippen LogP contribution is -2.29. The van der Waals surface area contributed by atoms with Crippen molar-refractivity contribution < 1.29 is 18.0 Å². The van der Waals surface area contributed by atoms with Crippen molar-refractivity contribution in [1.82, 2.24) is 4.98 Å². The fourth-order valence-corrected chi connectivity index (χ4v) is 1.41. The highest BCUT2D eigenvalue weighted by atomic mass is 19.4. The summed E-state index contributed by atoms with van der Waals surface area (Å²) in [5.41, 5.74) is -0.575. The number of hydrogen-bond donors (Lipinski definition) is 0. The van der Waals surface area contributed by atoms with Gasteiger partial charge in [0.2, 0.25) is 5.91 Å². The zero-order chi connectivity index (χ0) is 13.1. The Morgan fingerprint density at radius 1 is 1.41 bits per heavy atom. The van der Waals surface area contributed by atoms with E-state index >= 15 is 0 Å². The summed E-state index contributed by atoms with van der Waals surface area (Å²) in [6.45, 7) is 3.71. The van der Waals surface area contributed by atoms with Gasteiger partial charge in [-0.05, 0) is 18.6 Å². The van der Waals surface area contributed by atoms with Gasteiger partial charge in [0.25, 0.3) is 0 Å². The quantitative estimate of drug-likeness (QED) is 0.821. The number of amides is 1. The van der Waals surface area contributed by atoms with E-state index in [0.29, 0.717) is 12.2 Å². The number of nitrogens with zero attached hydrogens (tertiary/aromatic N) is 2. The molecule has 0 radical (unpaired) electrons. The second kappa shape index (κ2) is 5.16. The molecule has 0 aliphatic rings. The molecule has 6 heteroatoms. The van der Waals surface area contributed by atoms with Crippen LogP contribution in [-0.4, -0.2) is 17.4 Å². The SMILES string of the molecule is CCCN(C(C)=O)c1ccc(C(F)(F)F)nc1. The van der Waals surface area contributed by atoms with Crippen molar-refractivity contribution in [3.63, 3.8) is 0 Å². The van der Waals surface area contributed by atoms with Gasteiger partial charge in [0.05, 0.1) is 11.9 Å². The molecule has 1 aromatic rings. The molecule has 0 atom stereocenters. The van der Waals surface area contributed by atoms with Gasteiger partial charge in [0, 0.05) is 13.5 Å². The highest BCUT2D eigenvalue weighted by Gasteiger charge is 2.32. The Bertz CT molecular complexity index is 387. The molecule has 0 aliphatic carbocycles. The van der Waals surface area contributed by atoms with E-state index in [9.17, 15) is 18.0 Å². The predicted molar refractivity (Wildman–Crippen MR) is 57.6 cm³/mol. The molecule has 0 saturated carbocycles. The molecule has 1 rings (SSSR count). The molecule has 0 saturated heterocycles. The summed E-state index contributed by atoms with van der Waals surface area (Å²) >= 11 is 0. The van der Waals surface area contributed by atoms with Crippen LogP contribution in [0.3, 0.4) is 0 Å². The lowest BCUT2D eigenvalue weighted by molar-refractivity contribution is -0.141. The standard InChI is InChI=1S/C11H13F3N2O/c1-3-6-16(8(2)17)9-4-5-10(15-7-9)11(12,13)14/h4-5,7H,3,6H2,1-2H3. The van der Waals surface area contributed by atoms with Gasteiger partial charge < -0.3 is 4.90 Å². The first kappa shape index (κ1) is 13.5. The number of carbonyl (C=O) groups is 1. The Labute approximate surface area is 97.3 Å². The molecule has 94 valence electrons. The van der Waals surface area contributed by atoms with Crippen LogP contribution in [0.25, 0.3) is 0 Å². The van der Waals surface area contributed by atoms with E-state index in [4.69, 9.17) is 0 Å². The number of halogens is 3. The van der Waals surface area contributed by atoms with E-state index in [1.807, 2.05) is 6.92 Å². The zero-order valence-corrected chi connectivity index (χ0v) is 9.58. The third kappa shape index (κ3) is 3.44. The number of anilines is 1. The molecule has 0 unspecified atom stereocenters. The van der Waals surface area contributed by atoms with Crippen LogP contribution in [0.5, 0.6) is 0 Å². The van der Waals surface area contributed by atoms with Crippen LogP contribution in [0.4, 0.5) is 18.9 Å². The Balaban J connectivity index is 2.96. The van der Waals surface area contributed by atoms with E-state index in [-0.39, 0.29) is 5.91 Å². The topological polar surface area (TPSA) is 33.2 Å². The maximum atomic E-state index is 12.3. The number of pyridine rings is 1. The van der Waals surface area contributed by atoms with Crippen LogP contribution in [0.15, 0.2) is 18.3 Å². The van der Waals surface area contributed by atoms with Gasteiger partial charge in [-0.2, -0.15) is 13.2 Å².